The maximum Gasteiger partial charge on any atom is 0.266 e. The number of thiocarbonyl (C=S) groups is 1. The Morgan fingerprint density at radius 2 is 1.69 bits per heavy atom. The summed E-state index contributed by atoms with van der Waals surface area (Å²) in [6.07, 6.45) is 4.81. The summed E-state index contributed by atoms with van der Waals surface area (Å²) in [5.74, 6) is -0.0215. The number of unbranched alkanes of at least 4 members (excludes halogenated alkanes) is 2. The van der Waals surface area contributed by atoms with E-state index in [9.17, 15) is 9.59 Å². The van der Waals surface area contributed by atoms with Gasteiger partial charge in [0.1, 0.15) is 4.32 Å². The second kappa shape index (κ2) is 12.0. The third-order valence-corrected chi connectivity index (χ3v) is 7.15. The number of carbonyl (C=O) groups is 2. The molecule has 35 heavy (non-hydrogen) atoms. The molecule has 3 aromatic rings. The summed E-state index contributed by atoms with van der Waals surface area (Å²) >= 11 is 6.81. The lowest BCUT2D eigenvalue weighted by Crippen LogP contribution is -2.29. The molecule has 0 bridgehead atoms. The third kappa shape index (κ3) is 6.90. The quantitative estimate of drug-likeness (QED) is 0.194. The van der Waals surface area contributed by atoms with Crippen LogP contribution in [-0.4, -0.2) is 27.6 Å². The average molecular weight is 501 g/mol. The van der Waals surface area contributed by atoms with Crippen LogP contribution in [0.3, 0.4) is 0 Å². The third-order valence-electron chi connectivity index (χ3n) is 5.78. The Labute approximate surface area is 216 Å². The van der Waals surface area contributed by atoms with Gasteiger partial charge in [0.25, 0.3) is 5.91 Å². The lowest BCUT2D eigenvalue weighted by atomic mass is 10.0. The number of rotatable bonds is 9. The van der Waals surface area contributed by atoms with Crippen LogP contribution in [0.4, 0.5) is 5.69 Å². The number of nitrogens with zero attached hydrogens (tertiary/aromatic N) is 1. The van der Waals surface area contributed by atoms with Crippen molar-refractivity contribution < 1.29 is 9.59 Å². The molecule has 1 heterocycles. The van der Waals surface area contributed by atoms with Crippen LogP contribution in [0.25, 0.3) is 17.2 Å². The lowest BCUT2D eigenvalue weighted by molar-refractivity contribution is -0.122. The molecule has 0 atom stereocenters. The number of nitrogens with one attached hydrogen (secondary N) is 1. The van der Waals surface area contributed by atoms with Crippen LogP contribution in [0.1, 0.15) is 36.8 Å². The molecule has 0 unspecified atom stereocenters. The maximum atomic E-state index is 12.9. The molecule has 1 saturated heterocycles. The van der Waals surface area contributed by atoms with Crippen molar-refractivity contribution >= 4 is 51.9 Å². The van der Waals surface area contributed by atoms with Crippen molar-refractivity contribution in [3.05, 3.63) is 94.9 Å². The molecule has 4 rings (SSSR count). The second-order valence-corrected chi connectivity index (χ2v) is 10.2. The van der Waals surface area contributed by atoms with E-state index >= 15 is 0 Å². The number of anilines is 1. The van der Waals surface area contributed by atoms with Gasteiger partial charge in [-0.1, -0.05) is 97.1 Å². The first kappa shape index (κ1) is 24.9. The Bertz CT molecular complexity index is 1240. The van der Waals surface area contributed by atoms with E-state index in [-0.39, 0.29) is 11.8 Å². The van der Waals surface area contributed by atoms with Gasteiger partial charge in [0.15, 0.2) is 0 Å². The molecule has 0 aromatic heterocycles. The second-order valence-electron chi connectivity index (χ2n) is 8.55. The summed E-state index contributed by atoms with van der Waals surface area (Å²) in [7, 11) is 0. The number of hydrogen-bond acceptors (Lipinski definition) is 4. The molecular weight excluding hydrogens is 472 g/mol. The van der Waals surface area contributed by atoms with Crippen molar-refractivity contribution in [2.75, 3.05) is 11.9 Å². The predicted molar refractivity (Wildman–Crippen MR) is 150 cm³/mol. The fraction of sp³-hybridized carbons (Fsp3) is 0.207. The zero-order valence-corrected chi connectivity index (χ0v) is 21.3. The predicted octanol–water partition coefficient (Wildman–Crippen LogP) is 7.06. The minimum absolute atomic E-state index is 0.0161. The summed E-state index contributed by atoms with van der Waals surface area (Å²) in [5.41, 5.74) is 5.23. The summed E-state index contributed by atoms with van der Waals surface area (Å²) in [4.78, 5) is 27.4. The highest BCUT2D eigenvalue weighted by molar-refractivity contribution is 8.26. The molecule has 6 heteroatoms. The molecule has 0 radical (unpaired) electrons. The van der Waals surface area contributed by atoms with E-state index < -0.39 is 0 Å². The van der Waals surface area contributed by atoms with Crippen LogP contribution < -0.4 is 5.32 Å². The van der Waals surface area contributed by atoms with Crippen molar-refractivity contribution in [3.8, 4) is 11.1 Å². The number of aryl methyl sites for hydroxylation is 1. The van der Waals surface area contributed by atoms with E-state index in [1.165, 1.54) is 11.8 Å². The molecule has 0 saturated carbocycles. The number of benzene rings is 3. The van der Waals surface area contributed by atoms with E-state index in [1.807, 2.05) is 67.6 Å². The van der Waals surface area contributed by atoms with Gasteiger partial charge in [0, 0.05) is 18.7 Å². The number of thioether (sulfide) groups is 1. The van der Waals surface area contributed by atoms with E-state index in [1.54, 1.807) is 4.90 Å². The zero-order valence-electron chi connectivity index (χ0n) is 19.7. The van der Waals surface area contributed by atoms with Gasteiger partial charge in [0.05, 0.1) is 4.91 Å². The van der Waals surface area contributed by atoms with Gasteiger partial charge >= 0.3 is 0 Å². The van der Waals surface area contributed by atoms with Gasteiger partial charge < -0.3 is 5.32 Å². The van der Waals surface area contributed by atoms with Crippen molar-refractivity contribution in [1.82, 2.24) is 4.90 Å². The fourth-order valence-electron chi connectivity index (χ4n) is 3.93. The molecule has 3 aromatic carbocycles. The minimum atomic E-state index is -0.0377. The van der Waals surface area contributed by atoms with Crippen LogP contribution in [0.15, 0.2) is 83.8 Å². The van der Waals surface area contributed by atoms with Crippen molar-refractivity contribution in [2.45, 2.75) is 32.6 Å². The molecule has 1 N–H and O–H groups in total. The molecule has 2 amide bonds. The zero-order chi connectivity index (χ0) is 24.6. The monoisotopic (exact) mass is 500 g/mol. The van der Waals surface area contributed by atoms with E-state index in [2.05, 4.69) is 29.6 Å². The van der Waals surface area contributed by atoms with Crippen molar-refractivity contribution in [2.24, 2.45) is 0 Å². The molecule has 1 aliphatic rings. The molecule has 178 valence electrons. The number of hydrogen-bond donors (Lipinski definition) is 1. The van der Waals surface area contributed by atoms with E-state index in [0.717, 1.165) is 47.2 Å². The van der Waals surface area contributed by atoms with Crippen molar-refractivity contribution in [1.29, 1.82) is 0 Å². The Kier molecular flexibility index (Phi) is 8.50. The van der Waals surface area contributed by atoms with Crippen LogP contribution in [0.5, 0.6) is 0 Å². The molecule has 1 aliphatic heterocycles. The Hall–Kier alpha value is -3.22. The van der Waals surface area contributed by atoms with Crippen LogP contribution >= 0.6 is 24.0 Å². The summed E-state index contributed by atoms with van der Waals surface area (Å²) < 4.78 is 0.597. The highest BCUT2D eigenvalue weighted by atomic mass is 32.2. The topological polar surface area (TPSA) is 49.4 Å². The molecule has 0 spiro atoms. The maximum absolute atomic E-state index is 12.9. The van der Waals surface area contributed by atoms with Crippen LogP contribution in [-0.2, 0) is 9.59 Å². The van der Waals surface area contributed by atoms with Gasteiger partial charge in [-0.15, -0.1) is 0 Å². The van der Waals surface area contributed by atoms with Gasteiger partial charge in [-0.2, -0.15) is 0 Å². The molecule has 1 fully saturated rings. The smallest absolute Gasteiger partial charge is 0.266 e. The van der Waals surface area contributed by atoms with Crippen molar-refractivity contribution in [3.63, 3.8) is 0 Å². The average Bonchev–Trinajstić information content (AvgIpc) is 3.12. The molecular formula is C29H28N2O2S2. The SMILES string of the molecule is Cc1cccc(NC(=O)CCCCCN2C(=O)/C(=C/c3ccc(-c4ccccc4)cc3)SC2=S)c1. The first-order valence-electron chi connectivity index (χ1n) is 11.8. The van der Waals surface area contributed by atoms with Crippen LogP contribution in [0, 0.1) is 6.92 Å². The van der Waals surface area contributed by atoms with E-state index in [0.29, 0.717) is 22.2 Å². The minimum Gasteiger partial charge on any atom is -0.326 e. The highest BCUT2D eigenvalue weighted by Gasteiger charge is 2.31. The van der Waals surface area contributed by atoms with Crippen LogP contribution in [0.2, 0.25) is 0 Å². The first-order valence-corrected chi connectivity index (χ1v) is 13.0. The summed E-state index contributed by atoms with van der Waals surface area (Å²) in [6.45, 7) is 2.58. The Morgan fingerprint density at radius 1 is 0.943 bits per heavy atom. The van der Waals surface area contributed by atoms with E-state index in [4.69, 9.17) is 12.2 Å². The molecule has 0 aliphatic carbocycles. The van der Waals surface area contributed by atoms with Gasteiger partial charge in [0.2, 0.25) is 5.91 Å². The Balaban J connectivity index is 1.23. The summed E-state index contributed by atoms with van der Waals surface area (Å²) in [5, 5.41) is 2.94. The number of amides is 2. The lowest BCUT2D eigenvalue weighted by Gasteiger charge is -2.14. The summed E-state index contributed by atoms with van der Waals surface area (Å²) in [6, 6.07) is 26.2. The first-order chi connectivity index (χ1) is 17.0. The largest absolute Gasteiger partial charge is 0.326 e. The molecule has 4 nitrogen and oxygen atoms in total. The van der Waals surface area contributed by atoms with Gasteiger partial charge in [-0.05, 0) is 60.2 Å². The standard InChI is InChI=1S/C29H28N2O2S2/c1-21-9-8-12-25(19-21)30-27(32)13-6-3-7-18-31-28(33)26(35-29(31)34)20-22-14-16-24(17-15-22)23-10-4-2-5-11-23/h2,4-5,8-12,14-17,19-20H,3,6-7,13,18H2,1H3,(H,30,32)/b26-20-. The highest BCUT2D eigenvalue weighted by Crippen LogP contribution is 2.33. The van der Waals surface area contributed by atoms with Gasteiger partial charge in [-0.3, -0.25) is 14.5 Å². The fourth-order valence-corrected chi connectivity index (χ4v) is 5.23. The van der Waals surface area contributed by atoms with Gasteiger partial charge in [-0.25, -0.2) is 0 Å². The number of carbonyl (C=O) groups excluding carboxylic acids is 2. The Morgan fingerprint density at radius 3 is 2.43 bits per heavy atom. The normalized spacial score (nSPS) is 14.5.